The quantitative estimate of drug-likeness (QED) is 0.660. The fourth-order valence-electron chi connectivity index (χ4n) is 3.38. The Labute approximate surface area is 129 Å². The van der Waals surface area contributed by atoms with Crippen molar-refractivity contribution in [3.63, 3.8) is 0 Å². The molecule has 2 aliphatic rings. The van der Waals surface area contributed by atoms with Gasteiger partial charge in [0.25, 0.3) is 0 Å². The second kappa shape index (κ2) is 7.07. The molecule has 2 unspecified atom stereocenters. The molecule has 2 atom stereocenters. The summed E-state index contributed by atoms with van der Waals surface area (Å²) in [6.07, 6.45) is 4.40. The number of nitrogens with two attached hydrogens (primary N) is 1. The Morgan fingerprint density at radius 3 is 2.52 bits per heavy atom. The Morgan fingerprint density at radius 2 is 2.00 bits per heavy atom. The topological polar surface area (TPSA) is 61.6 Å². The van der Waals surface area contributed by atoms with Crippen molar-refractivity contribution < 1.29 is 4.79 Å². The average Bonchev–Trinajstić information content (AvgIpc) is 3.13. The van der Waals surface area contributed by atoms with Crippen LogP contribution in [0.4, 0.5) is 0 Å². The van der Waals surface area contributed by atoms with Crippen LogP contribution in [-0.4, -0.2) is 66.1 Å². The molecule has 1 aliphatic heterocycles. The van der Waals surface area contributed by atoms with Crippen LogP contribution in [0.5, 0.6) is 0 Å². The van der Waals surface area contributed by atoms with Gasteiger partial charge in [0.15, 0.2) is 0 Å². The lowest BCUT2D eigenvalue weighted by Crippen LogP contribution is -2.55. The maximum absolute atomic E-state index is 11.8. The summed E-state index contributed by atoms with van der Waals surface area (Å²) in [5.41, 5.74) is 5.08. The number of nitrogens with one attached hydrogen (secondary N) is 1. The van der Waals surface area contributed by atoms with E-state index < -0.39 is 5.54 Å². The van der Waals surface area contributed by atoms with E-state index in [1.165, 1.54) is 19.3 Å². The fraction of sp³-hybridized carbons (Fsp3) is 0.938. The summed E-state index contributed by atoms with van der Waals surface area (Å²) in [4.78, 5) is 16.8. The van der Waals surface area contributed by atoms with E-state index in [1.54, 1.807) is 0 Å². The van der Waals surface area contributed by atoms with Crippen LogP contribution in [0.25, 0.3) is 0 Å². The smallest absolute Gasteiger partial charge is 0.237 e. The van der Waals surface area contributed by atoms with E-state index in [-0.39, 0.29) is 5.91 Å². The van der Waals surface area contributed by atoms with Gasteiger partial charge >= 0.3 is 0 Å². The molecule has 0 aromatic heterocycles. The van der Waals surface area contributed by atoms with Crippen LogP contribution in [-0.2, 0) is 4.79 Å². The normalized spacial score (nSPS) is 26.2. The molecule has 0 radical (unpaired) electrons. The molecule has 2 rings (SSSR count). The van der Waals surface area contributed by atoms with E-state index in [2.05, 4.69) is 29.0 Å². The summed E-state index contributed by atoms with van der Waals surface area (Å²) in [6.45, 7) is 11.9. The molecule has 0 bridgehead atoms. The number of carbonyl (C=O) groups excluding carboxylic acids is 1. The Balaban J connectivity index is 1.80. The van der Waals surface area contributed by atoms with Gasteiger partial charge in [-0.1, -0.05) is 13.8 Å². The van der Waals surface area contributed by atoms with E-state index in [4.69, 9.17) is 5.73 Å². The van der Waals surface area contributed by atoms with Crippen molar-refractivity contribution in [3.8, 4) is 0 Å². The Kier molecular flexibility index (Phi) is 5.63. The van der Waals surface area contributed by atoms with Gasteiger partial charge in [0.2, 0.25) is 5.91 Å². The van der Waals surface area contributed by atoms with Crippen LogP contribution in [0.3, 0.4) is 0 Å². The minimum absolute atomic E-state index is 0.214. The number of rotatable bonds is 9. The highest BCUT2D eigenvalue weighted by molar-refractivity contribution is 5.84. The first-order valence-corrected chi connectivity index (χ1v) is 8.52. The second-order valence-electron chi connectivity index (χ2n) is 6.83. The standard InChI is InChI=1S/C16H32N4O/c1-4-20(5-2)14-8-10-19(12-14)11-9-16(3,15(17)21)18-13-6-7-13/h13-14,18H,4-12H2,1-3H3,(H2,17,21). The number of carbonyl (C=O) groups is 1. The third kappa shape index (κ3) is 4.41. The molecule has 1 saturated heterocycles. The Hall–Kier alpha value is -0.650. The first kappa shape index (κ1) is 16.7. The third-order valence-electron chi connectivity index (χ3n) is 5.15. The molecule has 0 aromatic carbocycles. The van der Waals surface area contributed by atoms with Gasteiger partial charge in [0.1, 0.15) is 0 Å². The Morgan fingerprint density at radius 1 is 1.33 bits per heavy atom. The monoisotopic (exact) mass is 296 g/mol. The van der Waals surface area contributed by atoms with Gasteiger partial charge in [0, 0.05) is 25.2 Å². The zero-order chi connectivity index (χ0) is 15.5. The molecule has 1 saturated carbocycles. The van der Waals surface area contributed by atoms with Crippen molar-refractivity contribution in [2.75, 3.05) is 32.7 Å². The van der Waals surface area contributed by atoms with E-state index in [9.17, 15) is 4.79 Å². The Bertz CT molecular complexity index is 354. The molecule has 5 heteroatoms. The fourth-order valence-corrected chi connectivity index (χ4v) is 3.38. The van der Waals surface area contributed by atoms with Crippen LogP contribution in [0.15, 0.2) is 0 Å². The SMILES string of the molecule is CCN(CC)C1CCN(CCC(C)(NC2CC2)C(N)=O)C1. The van der Waals surface area contributed by atoms with Crippen molar-refractivity contribution in [2.45, 2.75) is 64.1 Å². The van der Waals surface area contributed by atoms with Gasteiger partial charge in [-0.15, -0.1) is 0 Å². The average molecular weight is 296 g/mol. The lowest BCUT2D eigenvalue weighted by atomic mass is 9.96. The number of likely N-dealkylation sites (tertiary alicyclic amines) is 1. The first-order valence-electron chi connectivity index (χ1n) is 8.52. The van der Waals surface area contributed by atoms with Gasteiger partial charge in [-0.25, -0.2) is 0 Å². The highest BCUT2D eigenvalue weighted by atomic mass is 16.1. The van der Waals surface area contributed by atoms with Crippen LogP contribution >= 0.6 is 0 Å². The van der Waals surface area contributed by atoms with Gasteiger partial charge in [0.05, 0.1) is 5.54 Å². The molecular formula is C16H32N4O. The molecule has 1 aliphatic carbocycles. The van der Waals surface area contributed by atoms with Crippen molar-refractivity contribution in [3.05, 3.63) is 0 Å². The summed E-state index contributed by atoms with van der Waals surface area (Å²) in [5, 5.41) is 3.44. The highest BCUT2D eigenvalue weighted by Gasteiger charge is 2.37. The summed E-state index contributed by atoms with van der Waals surface area (Å²) in [6, 6.07) is 1.18. The third-order valence-corrected chi connectivity index (χ3v) is 5.15. The van der Waals surface area contributed by atoms with Crippen LogP contribution < -0.4 is 11.1 Å². The van der Waals surface area contributed by atoms with E-state index >= 15 is 0 Å². The number of amides is 1. The minimum atomic E-state index is -0.547. The van der Waals surface area contributed by atoms with E-state index in [0.717, 1.165) is 39.1 Å². The summed E-state index contributed by atoms with van der Waals surface area (Å²) in [7, 11) is 0. The van der Waals surface area contributed by atoms with Crippen LogP contribution in [0, 0.1) is 0 Å². The van der Waals surface area contributed by atoms with Gasteiger partial charge in [-0.05, 0) is 52.2 Å². The molecule has 5 nitrogen and oxygen atoms in total. The predicted octanol–water partition coefficient (Wildman–Crippen LogP) is 0.789. The number of likely N-dealkylation sites (N-methyl/N-ethyl adjacent to an activating group) is 1. The van der Waals surface area contributed by atoms with Crippen molar-refractivity contribution in [2.24, 2.45) is 5.73 Å². The highest BCUT2D eigenvalue weighted by Crippen LogP contribution is 2.25. The first-order chi connectivity index (χ1) is 9.98. The lowest BCUT2D eigenvalue weighted by Gasteiger charge is -2.30. The summed E-state index contributed by atoms with van der Waals surface area (Å²) < 4.78 is 0. The minimum Gasteiger partial charge on any atom is -0.368 e. The number of hydrogen-bond donors (Lipinski definition) is 2. The molecular weight excluding hydrogens is 264 g/mol. The number of primary amides is 1. The van der Waals surface area contributed by atoms with Gasteiger partial charge < -0.3 is 16.0 Å². The number of nitrogens with zero attached hydrogens (tertiary/aromatic N) is 2. The van der Waals surface area contributed by atoms with Crippen molar-refractivity contribution >= 4 is 5.91 Å². The summed E-state index contributed by atoms with van der Waals surface area (Å²) in [5.74, 6) is -0.214. The van der Waals surface area contributed by atoms with Crippen LogP contribution in [0.2, 0.25) is 0 Å². The molecule has 0 spiro atoms. The van der Waals surface area contributed by atoms with E-state index in [1.807, 2.05) is 6.92 Å². The molecule has 1 heterocycles. The largest absolute Gasteiger partial charge is 0.368 e. The maximum Gasteiger partial charge on any atom is 0.237 e. The van der Waals surface area contributed by atoms with Crippen molar-refractivity contribution in [1.29, 1.82) is 0 Å². The molecule has 1 amide bonds. The van der Waals surface area contributed by atoms with Crippen LogP contribution in [0.1, 0.15) is 46.5 Å². The zero-order valence-electron chi connectivity index (χ0n) is 13.9. The summed E-state index contributed by atoms with van der Waals surface area (Å²) >= 11 is 0. The van der Waals surface area contributed by atoms with Crippen molar-refractivity contribution in [1.82, 2.24) is 15.1 Å². The lowest BCUT2D eigenvalue weighted by molar-refractivity contribution is -0.124. The molecule has 2 fully saturated rings. The second-order valence-corrected chi connectivity index (χ2v) is 6.83. The maximum atomic E-state index is 11.8. The number of hydrogen-bond acceptors (Lipinski definition) is 4. The molecule has 3 N–H and O–H groups in total. The molecule has 21 heavy (non-hydrogen) atoms. The van der Waals surface area contributed by atoms with E-state index in [0.29, 0.717) is 12.1 Å². The van der Waals surface area contributed by atoms with Gasteiger partial charge in [-0.3, -0.25) is 9.69 Å². The zero-order valence-corrected chi connectivity index (χ0v) is 13.9. The molecule has 0 aromatic rings. The van der Waals surface area contributed by atoms with Gasteiger partial charge in [-0.2, -0.15) is 0 Å². The molecule has 122 valence electrons. The predicted molar refractivity (Wildman–Crippen MR) is 86.1 cm³/mol.